The van der Waals surface area contributed by atoms with E-state index >= 15 is 0 Å². The minimum atomic E-state index is -4.30. The molecule has 0 amide bonds. The molecule has 2 heterocycles. The lowest BCUT2D eigenvalue weighted by Crippen LogP contribution is -2.20. The monoisotopic (exact) mass is 321 g/mol. The van der Waals surface area contributed by atoms with E-state index in [-0.39, 0.29) is 6.04 Å². The van der Waals surface area contributed by atoms with Gasteiger partial charge >= 0.3 is 6.18 Å². The van der Waals surface area contributed by atoms with Gasteiger partial charge in [-0.15, -0.1) is 0 Å². The molecule has 120 valence electrons. The highest BCUT2D eigenvalue weighted by molar-refractivity contribution is 5.52. The first-order chi connectivity index (χ1) is 11.0. The molecule has 0 bridgehead atoms. The van der Waals surface area contributed by atoms with E-state index in [0.29, 0.717) is 23.5 Å². The van der Waals surface area contributed by atoms with Gasteiger partial charge in [0.1, 0.15) is 18.4 Å². The number of aromatic nitrogens is 3. The Balaban J connectivity index is 1.85. The van der Waals surface area contributed by atoms with Crippen LogP contribution in [-0.4, -0.2) is 20.9 Å². The Kier molecular flexibility index (Phi) is 3.94. The van der Waals surface area contributed by atoms with E-state index in [9.17, 15) is 13.2 Å². The number of halogens is 3. The molecular weight excluding hydrogens is 307 g/mol. The van der Waals surface area contributed by atoms with Crippen molar-refractivity contribution in [3.8, 4) is 6.07 Å². The molecular formula is C15H14F3N5. The molecule has 1 aliphatic rings. The predicted molar refractivity (Wildman–Crippen MR) is 76.5 cm³/mol. The maximum absolute atomic E-state index is 12.5. The molecule has 2 aromatic rings. The summed E-state index contributed by atoms with van der Waals surface area (Å²) in [5.74, 6) is 0.429. The van der Waals surface area contributed by atoms with Crippen LogP contribution in [0.25, 0.3) is 0 Å². The first-order valence-electron chi connectivity index (χ1n) is 7.21. The third kappa shape index (κ3) is 3.44. The molecule has 0 saturated heterocycles. The summed E-state index contributed by atoms with van der Waals surface area (Å²) in [6.07, 6.45) is 1.01. The van der Waals surface area contributed by atoms with Gasteiger partial charge in [0.25, 0.3) is 0 Å². The van der Waals surface area contributed by atoms with Gasteiger partial charge in [-0.1, -0.05) is 0 Å². The van der Waals surface area contributed by atoms with Crippen LogP contribution in [0.15, 0.2) is 24.5 Å². The van der Waals surface area contributed by atoms with Crippen molar-refractivity contribution in [3.05, 3.63) is 41.3 Å². The average Bonchev–Trinajstić information content (AvgIpc) is 2.89. The Bertz CT molecular complexity index is 744. The maximum atomic E-state index is 12.5. The zero-order chi connectivity index (χ0) is 16.4. The van der Waals surface area contributed by atoms with Crippen LogP contribution in [0.5, 0.6) is 0 Å². The summed E-state index contributed by atoms with van der Waals surface area (Å²) in [5, 5.41) is 16.3. The van der Waals surface area contributed by atoms with Gasteiger partial charge in [0.2, 0.25) is 0 Å². The minimum absolute atomic E-state index is 0.241. The molecule has 2 aromatic heterocycles. The standard InChI is InChI=1S/C15H14F3N5/c16-15(17,18)9-23-8-11-3-1-5-12(13(11)22-23)21-14-10(7-19)4-2-6-20-14/h2,4,6,8,12H,1,3,5,9H2,(H,20,21). The van der Waals surface area contributed by atoms with E-state index in [4.69, 9.17) is 5.26 Å². The number of nitrogens with one attached hydrogen (secondary N) is 1. The smallest absolute Gasteiger partial charge is 0.361 e. The van der Waals surface area contributed by atoms with Crippen molar-refractivity contribution in [3.63, 3.8) is 0 Å². The minimum Gasteiger partial charge on any atom is -0.361 e. The first kappa shape index (κ1) is 15.3. The highest BCUT2D eigenvalue weighted by atomic mass is 19.4. The van der Waals surface area contributed by atoms with E-state index < -0.39 is 12.7 Å². The van der Waals surface area contributed by atoms with Gasteiger partial charge in [0.05, 0.1) is 17.3 Å². The summed E-state index contributed by atoms with van der Waals surface area (Å²) in [6, 6.07) is 5.11. The van der Waals surface area contributed by atoms with Crippen molar-refractivity contribution < 1.29 is 13.2 Å². The van der Waals surface area contributed by atoms with Gasteiger partial charge in [-0.25, -0.2) is 4.98 Å². The number of nitrogens with zero attached hydrogens (tertiary/aromatic N) is 4. The fourth-order valence-electron chi connectivity index (χ4n) is 2.78. The van der Waals surface area contributed by atoms with E-state index in [1.54, 1.807) is 18.3 Å². The zero-order valence-electron chi connectivity index (χ0n) is 12.1. The summed E-state index contributed by atoms with van der Waals surface area (Å²) < 4.78 is 38.5. The van der Waals surface area contributed by atoms with Crippen molar-refractivity contribution >= 4 is 5.82 Å². The first-order valence-corrected chi connectivity index (χ1v) is 7.21. The lowest BCUT2D eigenvalue weighted by molar-refractivity contribution is -0.142. The summed E-state index contributed by atoms with van der Waals surface area (Å²) in [6.45, 7) is -1.10. The summed E-state index contributed by atoms with van der Waals surface area (Å²) in [4.78, 5) is 4.13. The molecule has 0 spiro atoms. The van der Waals surface area contributed by atoms with Crippen molar-refractivity contribution in [1.82, 2.24) is 14.8 Å². The van der Waals surface area contributed by atoms with E-state index in [0.717, 1.165) is 23.1 Å². The van der Waals surface area contributed by atoms with Gasteiger partial charge in [-0.3, -0.25) is 4.68 Å². The molecule has 1 atom stereocenters. The van der Waals surface area contributed by atoms with Crippen LogP contribution in [0.2, 0.25) is 0 Å². The van der Waals surface area contributed by atoms with E-state index in [1.165, 1.54) is 6.20 Å². The Morgan fingerprint density at radius 1 is 1.43 bits per heavy atom. The van der Waals surface area contributed by atoms with Crippen molar-refractivity contribution in [2.45, 2.75) is 38.0 Å². The number of fused-ring (bicyclic) bond motifs is 1. The van der Waals surface area contributed by atoms with Crippen LogP contribution < -0.4 is 5.32 Å². The molecule has 0 radical (unpaired) electrons. The number of aryl methyl sites for hydroxylation is 1. The summed E-state index contributed by atoms with van der Waals surface area (Å²) in [7, 11) is 0. The molecule has 0 saturated carbocycles. The molecule has 3 rings (SSSR count). The number of hydrogen-bond donors (Lipinski definition) is 1. The summed E-state index contributed by atoms with van der Waals surface area (Å²) >= 11 is 0. The molecule has 1 aliphatic carbocycles. The number of pyridine rings is 1. The lowest BCUT2D eigenvalue weighted by Gasteiger charge is -2.23. The van der Waals surface area contributed by atoms with Gasteiger partial charge in [-0.05, 0) is 37.0 Å². The Morgan fingerprint density at radius 2 is 2.26 bits per heavy atom. The second kappa shape index (κ2) is 5.91. The fourth-order valence-corrected chi connectivity index (χ4v) is 2.78. The largest absolute Gasteiger partial charge is 0.408 e. The SMILES string of the molecule is N#Cc1cccnc1NC1CCCc2cn(CC(F)(F)F)nc21. The molecule has 5 nitrogen and oxygen atoms in total. The average molecular weight is 321 g/mol. The highest BCUT2D eigenvalue weighted by Crippen LogP contribution is 2.32. The second-order valence-corrected chi connectivity index (χ2v) is 5.45. The zero-order valence-corrected chi connectivity index (χ0v) is 12.1. The quantitative estimate of drug-likeness (QED) is 0.943. The molecule has 8 heteroatoms. The Morgan fingerprint density at radius 3 is 3.00 bits per heavy atom. The second-order valence-electron chi connectivity index (χ2n) is 5.45. The number of anilines is 1. The third-order valence-electron chi connectivity index (χ3n) is 3.72. The van der Waals surface area contributed by atoms with Crippen LogP contribution >= 0.6 is 0 Å². The highest BCUT2D eigenvalue weighted by Gasteiger charge is 2.31. The predicted octanol–water partition coefficient (Wildman–Crippen LogP) is 3.20. The van der Waals surface area contributed by atoms with Crippen LogP contribution in [-0.2, 0) is 13.0 Å². The Hall–Kier alpha value is -2.56. The van der Waals surface area contributed by atoms with E-state index in [2.05, 4.69) is 15.4 Å². The third-order valence-corrected chi connectivity index (χ3v) is 3.72. The molecule has 0 aromatic carbocycles. The van der Waals surface area contributed by atoms with Crippen LogP contribution in [0.4, 0.5) is 19.0 Å². The van der Waals surface area contributed by atoms with Crippen molar-refractivity contribution in [2.75, 3.05) is 5.32 Å². The lowest BCUT2D eigenvalue weighted by atomic mass is 9.93. The normalized spacial score (nSPS) is 17.4. The number of hydrogen-bond acceptors (Lipinski definition) is 4. The maximum Gasteiger partial charge on any atom is 0.408 e. The van der Waals surface area contributed by atoms with Gasteiger partial charge in [-0.2, -0.15) is 23.5 Å². The van der Waals surface area contributed by atoms with Crippen LogP contribution in [0.1, 0.15) is 35.7 Å². The van der Waals surface area contributed by atoms with Crippen LogP contribution in [0.3, 0.4) is 0 Å². The molecule has 23 heavy (non-hydrogen) atoms. The topological polar surface area (TPSA) is 66.5 Å². The molecule has 0 aliphatic heterocycles. The van der Waals surface area contributed by atoms with Crippen molar-refractivity contribution in [1.29, 1.82) is 5.26 Å². The molecule has 1 N–H and O–H groups in total. The van der Waals surface area contributed by atoms with Crippen LogP contribution in [0, 0.1) is 11.3 Å². The number of alkyl halides is 3. The van der Waals surface area contributed by atoms with Gasteiger partial charge in [0.15, 0.2) is 0 Å². The van der Waals surface area contributed by atoms with Gasteiger partial charge < -0.3 is 5.32 Å². The van der Waals surface area contributed by atoms with Gasteiger partial charge in [0, 0.05) is 12.4 Å². The molecule has 1 unspecified atom stereocenters. The van der Waals surface area contributed by atoms with Crippen molar-refractivity contribution in [2.24, 2.45) is 0 Å². The van der Waals surface area contributed by atoms with E-state index in [1.807, 2.05) is 6.07 Å². The summed E-state index contributed by atoms with van der Waals surface area (Å²) in [5.41, 5.74) is 1.82. The molecule has 0 fully saturated rings. The fraction of sp³-hybridized carbons (Fsp3) is 0.400. The Labute approximate surface area is 130 Å². The number of rotatable bonds is 3. The number of nitriles is 1.